The van der Waals surface area contributed by atoms with Gasteiger partial charge in [0.25, 0.3) is 12.3 Å². The minimum absolute atomic E-state index is 0.0283. The number of nitrogens with one attached hydrogen (secondary N) is 2. The van der Waals surface area contributed by atoms with Crippen LogP contribution >= 0.6 is 0 Å². The molecule has 3 amide bonds. The zero-order chi connectivity index (χ0) is 42.3. The molecule has 2 N–H and O–H groups in total. The number of piperidine rings is 1. The first-order valence-electron chi connectivity index (χ1n) is 20.3. The van der Waals surface area contributed by atoms with Crippen LogP contribution in [0.25, 0.3) is 16.7 Å². The molecular weight excluding hydrogens is 773 g/mol. The molecule has 60 heavy (non-hydrogen) atoms. The number of aromatic nitrogens is 7. The number of rotatable bonds is 6. The molecule has 0 radical (unpaired) electrons. The normalized spacial score (nSPS) is 20.2. The van der Waals surface area contributed by atoms with Crippen LogP contribution in [-0.4, -0.2) is 93.8 Å². The van der Waals surface area contributed by atoms with E-state index in [-0.39, 0.29) is 53.1 Å². The van der Waals surface area contributed by atoms with Crippen LogP contribution < -0.4 is 16.3 Å². The van der Waals surface area contributed by atoms with Crippen LogP contribution in [0.2, 0.25) is 0 Å². The Morgan fingerprint density at radius 2 is 1.80 bits per heavy atom. The highest BCUT2D eigenvalue weighted by molar-refractivity contribution is 6.08. The van der Waals surface area contributed by atoms with Gasteiger partial charge >= 0.3 is 5.69 Å². The number of benzene rings is 1. The van der Waals surface area contributed by atoms with Crippen molar-refractivity contribution < 1.29 is 23.2 Å². The first-order chi connectivity index (χ1) is 28.7. The average molecular weight is 820 g/mol. The predicted octanol–water partition coefficient (Wildman–Crippen LogP) is 4.41. The van der Waals surface area contributed by atoms with Crippen LogP contribution in [0.5, 0.6) is 0 Å². The molecule has 2 aliphatic heterocycles. The summed E-state index contributed by atoms with van der Waals surface area (Å²) in [6.45, 7) is 9.71. The van der Waals surface area contributed by atoms with Gasteiger partial charge in [-0.25, -0.2) is 23.1 Å². The molecule has 1 saturated carbocycles. The van der Waals surface area contributed by atoms with E-state index >= 15 is 0 Å². The zero-order valence-electron chi connectivity index (χ0n) is 34.0. The van der Waals surface area contributed by atoms with Gasteiger partial charge in [-0.1, -0.05) is 44.6 Å². The Labute approximate surface area is 345 Å². The SMILES string of the molecule is Cn1c(=O)n(C2CCC(=O)NC2=O)c2cccc(C#CCN3CCN(C#CC4CCC(n5cc(NC(=O)c6cnn7ccc(C(C)(C)C)nc67)c(C(F)F)n5)CC4)CC3)c21. The molecule has 5 aromatic rings. The first kappa shape index (κ1) is 40.4. The average Bonchev–Trinajstić information content (AvgIpc) is 3.92. The number of anilines is 1. The van der Waals surface area contributed by atoms with Gasteiger partial charge in [-0.3, -0.25) is 38.4 Å². The third-order valence-electron chi connectivity index (χ3n) is 11.6. The van der Waals surface area contributed by atoms with Gasteiger partial charge in [0.15, 0.2) is 11.3 Å². The number of amides is 3. The molecule has 1 aromatic carbocycles. The fourth-order valence-electron chi connectivity index (χ4n) is 8.19. The molecule has 4 aromatic heterocycles. The van der Waals surface area contributed by atoms with Gasteiger partial charge in [0, 0.05) is 75.1 Å². The lowest BCUT2D eigenvalue weighted by molar-refractivity contribution is -0.135. The highest BCUT2D eigenvalue weighted by Crippen LogP contribution is 2.35. The number of fused-ring (bicyclic) bond motifs is 2. The minimum atomic E-state index is -2.87. The highest BCUT2D eigenvalue weighted by Gasteiger charge is 2.32. The standard InChI is InChI=1S/C43H47F2N11O4/c1-43(2,3)34-17-20-54-39(48-34)30(25-46-54)40(58)47-31-26-55(50-36(31)38(44)45)29-12-10-27(11-13-29)16-19-53-23-21-52(22-24-53)18-6-8-28-7-5-9-32-37(28)51(4)42(60)56(32)33-14-15-35(57)49-41(33)59/h5,7,9,17,20,25-27,29,33,38H,10-15,18,21-24H2,1-4H3,(H,47,58)(H,49,57,59). The van der Waals surface area contributed by atoms with Crippen LogP contribution in [0.4, 0.5) is 14.5 Å². The smallest absolute Gasteiger partial charge is 0.329 e. The Bertz CT molecular complexity index is 2670. The van der Waals surface area contributed by atoms with Gasteiger partial charge < -0.3 is 10.2 Å². The first-order valence-corrected chi connectivity index (χ1v) is 20.3. The van der Waals surface area contributed by atoms with Crippen molar-refractivity contribution in [3.05, 3.63) is 75.9 Å². The summed E-state index contributed by atoms with van der Waals surface area (Å²) >= 11 is 0. The molecule has 2 saturated heterocycles. The maximum absolute atomic E-state index is 14.2. The Kier molecular flexibility index (Phi) is 11.0. The molecule has 1 atom stereocenters. The van der Waals surface area contributed by atoms with E-state index in [0.717, 1.165) is 57.6 Å². The van der Waals surface area contributed by atoms with E-state index in [9.17, 15) is 28.0 Å². The molecule has 1 aliphatic carbocycles. The summed E-state index contributed by atoms with van der Waals surface area (Å²) in [5.74, 6) is 8.74. The molecule has 1 unspecified atom stereocenters. The molecule has 0 bridgehead atoms. The number of alkyl halides is 2. The van der Waals surface area contributed by atoms with Crippen molar-refractivity contribution in [1.29, 1.82) is 0 Å². The van der Waals surface area contributed by atoms with Gasteiger partial charge in [0.2, 0.25) is 11.8 Å². The van der Waals surface area contributed by atoms with Crippen LogP contribution in [0.15, 0.2) is 47.7 Å². The number of hydrogen-bond donors (Lipinski definition) is 2. The topological polar surface area (TPSA) is 157 Å². The molecule has 17 heteroatoms. The van der Waals surface area contributed by atoms with E-state index in [1.165, 1.54) is 26.0 Å². The lowest BCUT2D eigenvalue weighted by Crippen LogP contribution is -2.44. The van der Waals surface area contributed by atoms with Gasteiger partial charge in [-0.05, 0) is 50.3 Å². The minimum Gasteiger partial charge on any atom is -0.330 e. The number of nitrogens with zero attached hydrogens (tertiary/aromatic N) is 9. The van der Waals surface area contributed by atoms with Crippen molar-refractivity contribution in [3.8, 4) is 23.8 Å². The maximum atomic E-state index is 14.2. The Morgan fingerprint density at radius 1 is 1.03 bits per heavy atom. The van der Waals surface area contributed by atoms with E-state index in [4.69, 9.17) is 0 Å². The Balaban J connectivity index is 0.838. The second-order valence-corrected chi connectivity index (χ2v) is 16.7. The summed E-state index contributed by atoms with van der Waals surface area (Å²) in [5.41, 5.74) is 2.17. The maximum Gasteiger partial charge on any atom is 0.329 e. The summed E-state index contributed by atoms with van der Waals surface area (Å²) in [5, 5.41) is 13.4. The van der Waals surface area contributed by atoms with E-state index in [1.807, 2.05) is 39.0 Å². The largest absolute Gasteiger partial charge is 0.330 e. The fourth-order valence-corrected chi connectivity index (χ4v) is 8.19. The quantitative estimate of drug-likeness (QED) is 0.187. The fraction of sp³-hybridized carbons (Fsp3) is 0.465. The molecular formula is C43H47F2N11O4. The summed E-state index contributed by atoms with van der Waals surface area (Å²) in [4.78, 5) is 59.9. The number of imide groups is 1. The summed E-state index contributed by atoms with van der Waals surface area (Å²) in [6.07, 6.45) is 5.25. The van der Waals surface area contributed by atoms with E-state index in [1.54, 1.807) is 24.0 Å². The third kappa shape index (κ3) is 8.14. The van der Waals surface area contributed by atoms with Crippen molar-refractivity contribution in [2.75, 3.05) is 38.0 Å². The number of hydrogen-bond acceptors (Lipinski definition) is 9. The predicted molar refractivity (Wildman–Crippen MR) is 219 cm³/mol. The van der Waals surface area contributed by atoms with E-state index in [0.29, 0.717) is 28.8 Å². The van der Waals surface area contributed by atoms with Crippen molar-refractivity contribution in [3.63, 3.8) is 0 Å². The molecule has 6 heterocycles. The van der Waals surface area contributed by atoms with Crippen LogP contribution in [0, 0.1) is 29.7 Å². The van der Waals surface area contributed by atoms with Crippen LogP contribution in [0.3, 0.4) is 0 Å². The summed E-state index contributed by atoms with van der Waals surface area (Å²) in [7, 11) is 1.67. The second-order valence-electron chi connectivity index (χ2n) is 16.7. The number of carbonyl (C=O) groups is 3. The van der Waals surface area contributed by atoms with Crippen LogP contribution in [-0.2, 0) is 22.1 Å². The lowest BCUT2D eigenvalue weighted by atomic mass is 9.86. The molecule has 15 nitrogen and oxygen atoms in total. The second kappa shape index (κ2) is 16.4. The molecule has 0 spiro atoms. The number of para-hydroxylation sites is 1. The monoisotopic (exact) mass is 819 g/mol. The van der Waals surface area contributed by atoms with Gasteiger partial charge in [-0.2, -0.15) is 10.2 Å². The molecule has 3 aliphatic rings. The van der Waals surface area contributed by atoms with Crippen molar-refractivity contribution in [2.45, 2.75) is 83.2 Å². The number of piperazine rings is 1. The molecule has 312 valence electrons. The number of imidazole rings is 1. The van der Waals surface area contributed by atoms with Crippen molar-refractivity contribution in [1.82, 2.24) is 48.6 Å². The van der Waals surface area contributed by atoms with Crippen molar-refractivity contribution >= 4 is 40.1 Å². The van der Waals surface area contributed by atoms with Crippen LogP contribution in [0.1, 0.15) is 105 Å². The molecule has 3 fully saturated rings. The van der Waals surface area contributed by atoms with E-state index in [2.05, 4.69) is 59.4 Å². The molecule has 8 rings (SSSR count). The Morgan fingerprint density at radius 3 is 2.52 bits per heavy atom. The summed E-state index contributed by atoms with van der Waals surface area (Å²) < 4.78 is 34.4. The van der Waals surface area contributed by atoms with Gasteiger partial charge in [0.1, 0.15) is 11.6 Å². The number of carbonyl (C=O) groups excluding carboxylic acids is 3. The summed E-state index contributed by atoms with van der Waals surface area (Å²) in [6, 6.07) is 9.84. The lowest BCUT2D eigenvalue weighted by Gasteiger charge is -2.31. The van der Waals surface area contributed by atoms with Gasteiger partial charge in [-0.15, -0.1) is 0 Å². The Hall–Kier alpha value is -6.33. The van der Waals surface area contributed by atoms with Crippen molar-refractivity contribution in [2.24, 2.45) is 13.0 Å². The van der Waals surface area contributed by atoms with E-state index < -0.39 is 30.0 Å². The highest BCUT2D eigenvalue weighted by atomic mass is 19.3. The zero-order valence-corrected chi connectivity index (χ0v) is 34.0. The number of halogens is 2. The number of aryl methyl sites for hydroxylation is 1. The van der Waals surface area contributed by atoms with Gasteiger partial charge in [0.05, 0.1) is 41.1 Å². The third-order valence-corrected chi connectivity index (χ3v) is 11.6.